The number of aromatic carboxylic acids is 1. The Balaban J connectivity index is 0.000000333. The zero-order chi connectivity index (χ0) is 83.0. The van der Waals surface area contributed by atoms with Gasteiger partial charge >= 0.3 is 35.5 Å². The van der Waals surface area contributed by atoms with E-state index in [4.69, 9.17) is 50.1 Å². The number of anilines is 5. The van der Waals surface area contributed by atoms with Crippen LogP contribution in [0.1, 0.15) is 80.5 Å². The molecule has 0 amide bonds. The van der Waals surface area contributed by atoms with E-state index in [9.17, 15) is 57.2 Å². The molecule has 12 rings (SSSR count). The molecule has 596 valence electrons. The number of benzene rings is 7. The molecule has 2 aliphatic heterocycles. The number of piperidine rings is 2. The molecule has 0 aliphatic carbocycles. The third-order valence-electron chi connectivity index (χ3n) is 15.8. The number of hydrogen-bond acceptors (Lipinski definition) is 21. The number of H-pyrrole nitrogens is 1. The molecule has 5 heterocycles. The number of carboxylic acid groups (broad SMARTS) is 1. The van der Waals surface area contributed by atoms with Crippen LogP contribution in [-0.4, -0.2) is 115 Å². The molecule has 2 unspecified atom stereocenters. The monoisotopic (exact) mass is 1740 g/mol. The smallest absolute Gasteiger partial charge is 0.478 e. The van der Waals surface area contributed by atoms with Gasteiger partial charge in [0.1, 0.15) is 70.4 Å². The van der Waals surface area contributed by atoms with Crippen molar-refractivity contribution in [2.75, 3.05) is 79.6 Å². The van der Waals surface area contributed by atoms with Gasteiger partial charge in [0.2, 0.25) is 20.0 Å². The normalized spacial score (nSPS) is 13.6. The number of nitrogens with two attached hydrogens (primary N) is 5. The van der Waals surface area contributed by atoms with Crippen LogP contribution >= 0.6 is 34.2 Å². The van der Waals surface area contributed by atoms with Gasteiger partial charge in [0.15, 0.2) is 0 Å². The maximum Gasteiger partial charge on any atom is 1.00 e. The molecule has 29 nitrogen and oxygen atoms in total. The summed E-state index contributed by atoms with van der Waals surface area (Å²) >= 11 is 7.88. The molecule has 2 aliphatic rings. The van der Waals surface area contributed by atoms with Crippen molar-refractivity contribution in [1.29, 1.82) is 5.26 Å². The van der Waals surface area contributed by atoms with Crippen LogP contribution in [0.3, 0.4) is 0 Å². The van der Waals surface area contributed by atoms with Crippen LogP contribution in [0.5, 0.6) is 0 Å². The van der Waals surface area contributed by atoms with E-state index in [1.165, 1.54) is 86.9 Å². The third kappa shape index (κ3) is 33.0. The summed E-state index contributed by atoms with van der Waals surface area (Å²) < 4.78 is 141. The Kier molecular flexibility index (Phi) is 40.6. The predicted molar refractivity (Wildman–Crippen MR) is 422 cm³/mol. The molecule has 2 fully saturated rings. The van der Waals surface area contributed by atoms with Crippen molar-refractivity contribution >= 4 is 121 Å². The minimum atomic E-state index is -3.19. The van der Waals surface area contributed by atoms with E-state index in [0.29, 0.717) is 108 Å². The quantitative estimate of drug-likeness (QED) is 0.00886. The van der Waals surface area contributed by atoms with Crippen molar-refractivity contribution in [3.63, 3.8) is 0 Å². The topological polar surface area (TPSA) is 480 Å². The molecule has 0 saturated carbocycles. The van der Waals surface area contributed by atoms with Gasteiger partial charge in [0.25, 0.3) is 5.56 Å². The number of fused-ring (bicyclic) bond motifs is 3. The van der Waals surface area contributed by atoms with Crippen molar-refractivity contribution in [3.8, 4) is 6.07 Å². The molecule has 112 heavy (non-hydrogen) atoms. The summed E-state index contributed by atoms with van der Waals surface area (Å²) in [4.78, 5) is 46.4. The van der Waals surface area contributed by atoms with Crippen molar-refractivity contribution < 1.29 is 92.2 Å². The van der Waals surface area contributed by atoms with Crippen LogP contribution < -0.4 is 83.6 Å². The van der Waals surface area contributed by atoms with E-state index < -0.39 is 31.8 Å². The Morgan fingerprint density at radius 2 is 1.12 bits per heavy atom. The number of sulfonamides is 2. The number of aromatic nitrogens is 6. The predicted octanol–water partition coefficient (Wildman–Crippen LogP) is 9.88. The Labute approximate surface area is 682 Å². The van der Waals surface area contributed by atoms with Gasteiger partial charge in [-0.15, -0.1) is 5.22 Å². The summed E-state index contributed by atoms with van der Waals surface area (Å²) in [5.41, 5.74) is 29.7. The second kappa shape index (κ2) is 47.0. The molecule has 2 saturated heterocycles. The number of aromatic amines is 1. The molecular formula is C71H83ClF7IN21NaO8S2. The molecule has 41 heteroatoms. The first-order chi connectivity index (χ1) is 52.2. The minimum Gasteiger partial charge on any atom is -0.478 e. The maximum atomic E-state index is 13.8. The minimum absolute atomic E-state index is 0. The number of nitrogens with zero attached hydrogens (tertiary/aromatic N) is 12. The maximum absolute atomic E-state index is 13.8. The number of nitrogen functional groups attached to an aromatic ring is 4. The van der Waals surface area contributed by atoms with Crippen molar-refractivity contribution in [2.45, 2.75) is 74.1 Å². The molecule has 10 aromatic rings. The summed E-state index contributed by atoms with van der Waals surface area (Å²) in [6.07, 6.45) is 10.6. The molecule has 2 atom stereocenters. The fourth-order valence-corrected chi connectivity index (χ4v) is 11.7. The van der Waals surface area contributed by atoms with Crippen molar-refractivity contribution in [1.82, 2.24) is 44.7 Å². The number of nitriles is 1. The van der Waals surface area contributed by atoms with Crippen molar-refractivity contribution in [2.24, 2.45) is 38.6 Å². The van der Waals surface area contributed by atoms with Crippen LogP contribution in [0.25, 0.3) is 38.3 Å². The van der Waals surface area contributed by atoms with Crippen LogP contribution in [0.4, 0.5) is 59.3 Å². The van der Waals surface area contributed by atoms with Crippen molar-refractivity contribution in [3.05, 3.63) is 225 Å². The average molecular weight is 1740 g/mol. The van der Waals surface area contributed by atoms with E-state index in [1.807, 2.05) is 6.07 Å². The van der Waals surface area contributed by atoms with Gasteiger partial charge in [-0.2, -0.15) is 5.26 Å². The molecule has 3 aromatic heterocycles. The standard InChI is InChI=1S/C16H21FN4O2S.C9H6ClFN2.C9H7FN2O.C8H7FN2.C8H8FNO2.C7H7FIN.C7H8FN.C7H16N2O2S.H3N6O.Na/c1-11-6-13-15(7-14(11)17)18-10-19-16(13)21-5-3-4-12(9-21)8-20-24(2,22)23;1-5-2-6-8(3-7(5)11)12-4-13-9(6)10;1-5-2-6-8(3-7(5)10)11-4-12-9(6)13;1-5-2-6(4-10)8(11)3-7(5)9;1-4-2-5(8(11)12)7(10)3-6(4)9;1-4-2-6(9)7(10)3-5(4)8;1-5-2-3-6(9)4-7(5)8;1-12(10,11)9-6-7-3-2-4-8-5-7;1-2-3-4-5-6-7;/h6-7,10,12,20H,3-5,8-9H2,1-2H3;2-4H,1H3;2-4H,1H3,(H,11,12,13);2-3H,11H2,1H3;2-3H,10H2,1H3,(H,11,12);2-3H,10H2,1H3;2-4H,9H2,1H3;7-9H,2-6H2,1H3;(H3-,1,2,3,4,5,6,7);/q;;;;;;;;-1;+1. The summed E-state index contributed by atoms with van der Waals surface area (Å²) in [6, 6.07) is 23.4. The number of hydrogen-bond donors (Lipinski definition) is 11. The zero-order valence-corrected chi connectivity index (χ0v) is 69.0. The van der Waals surface area contributed by atoms with Gasteiger partial charge < -0.3 is 54.3 Å². The number of halogens is 9. The molecular weight excluding hydrogens is 1660 g/mol. The first-order valence-electron chi connectivity index (χ1n) is 32.9. The van der Waals surface area contributed by atoms with E-state index in [0.717, 1.165) is 72.2 Å². The average Bonchev–Trinajstić information content (AvgIpc) is 0.799. The van der Waals surface area contributed by atoms with E-state index in [2.05, 4.69) is 104 Å². The zero-order valence-electron chi connectivity index (χ0n) is 62.4. The second-order valence-corrected chi connectivity index (χ2v) is 29.9. The van der Waals surface area contributed by atoms with Gasteiger partial charge in [0, 0.05) is 75.8 Å². The van der Waals surface area contributed by atoms with E-state index in [-0.39, 0.29) is 98.4 Å². The second-order valence-electron chi connectivity index (χ2n) is 24.8. The molecule has 0 bridgehead atoms. The molecule has 0 spiro atoms. The fourth-order valence-electron chi connectivity index (χ4n) is 9.84. The van der Waals surface area contributed by atoms with Crippen LogP contribution in [0.15, 0.2) is 136 Å². The summed E-state index contributed by atoms with van der Waals surface area (Å²) in [6.45, 7) is 16.1. The van der Waals surface area contributed by atoms with Gasteiger partial charge in [-0.25, -0.2) is 97.2 Å². The van der Waals surface area contributed by atoms with E-state index in [1.54, 1.807) is 71.9 Å². The van der Waals surface area contributed by atoms with Crippen LogP contribution in [0.2, 0.25) is 5.15 Å². The Hall–Kier alpha value is -9.61. The molecule has 16 N–H and O–H groups in total. The van der Waals surface area contributed by atoms with Crippen LogP contribution in [0, 0.1) is 116 Å². The van der Waals surface area contributed by atoms with Gasteiger partial charge in [0.05, 0.1) is 57.6 Å². The van der Waals surface area contributed by atoms with Crippen LogP contribution in [-0.2, 0) is 20.0 Å². The number of rotatable bonds is 10. The first-order valence-corrected chi connectivity index (χ1v) is 38.2. The SMILES string of the molecule is CS(=O)(=O)NCC1CCCNC1.Cc1cc(C#N)c(N)cc1F.Cc1cc(C(=O)O)c(N)cc1F.Cc1cc(I)c(N)cc1F.Cc1cc2c(=O)[nH]cnc2cc1F.Cc1cc2c(Cl)ncnc2cc1F.Cc1cc2c(N3CCCC(CNS(C)(=O)=O)C3)ncnc2cc1F.Cc1ccc(N)cc1F.N/N=N/N=N/[N-]O.[Na+]. The first kappa shape index (κ1) is 96.6. The Bertz CT molecular complexity index is 5210. The Morgan fingerprint density at radius 3 is 1.64 bits per heavy atom. The van der Waals surface area contributed by atoms with Gasteiger partial charge in [-0.05, 0) is 227 Å². The molecule has 7 aromatic carbocycles. The number of carbonyl (C=O) groups is 1. The third-order valence-corrected chi connectivity index (χ3v) is 18.4. The summed E-state index contributed by atoms with van der Waals surface area (Å²) in [7, 11) is -6.19. The fraction of sp³-hybridized carbons (Fsp3) is 0.296. The number of carboxylic acids is 1. The van der Waals surface area contributed by atoms with Gasteiger partial charge in [-0.3, -0.25) is 10.4 Å². The van der Waals surface area contributed by atoms with Gasteiger partial charge in [-0.1, -0.05) is 22.9 Å². The number of aryl methyl sites for hydroxylation is 7. The number of nitrogens with one attached hydrogen (secondary N) is 4. The summed E-state index contributed by atoms with van der Waals surface area (Å²) in [5.74, 6) is 2.55. The summed E-state index contributed by atoms with van der Waals surface area (Å²) in [5, 5.41) is 40.9. The largest absolute Gasteiger partial charge is 1.00 e. The Morgan fingerprint density at radius 1 is 0.643 bits per heavy atom. The molecule has 0 radical (unpaired) electrons. The van der Waals surface area contributed by atoms with E-state index >= 15 is 0 Å².